The van der Waals surface area contributed by atoms with Crippen LogP contribution < -0.4 is 5.73 Å². The van der Waals surface area contributed by atoms with E-state index in [-0.39, 0.29) is 10.4 Å². The summed E-state index contributed by atoms with van der Waals surface area (Å²) in [5.74, 6) is -0.435. The number of aromatic nitrogens is 2. The van der Waals surface area contributed by atoms with Gasteiger partial charge >= 0.3 is 0 Å². The number of rotatable bonds is 3. The number of nitrogens with zero attached hydrogens (tertiary/aromatic N) is 2. The Hall–Kier alpha value is -1.39. The summed E-state index contributed by atoms with van der Waals surface area (Å²) >= 11 is 5.75. The third-order valence-electron chi connectivity index (χ3n) is 2.96. The molecule has 0 unspecified atom stereocenters. The second-order valence-electron chi connectivity index (χ2n) is 4.83. The predicted octanol–water partition coefficient (Wildman–Crippen LogP) is 2.90. The molecular weight excluding hydrogens is 253 g/mol. The first kappa shape index (κ1) is 13.1. The van der Waals surface area contributed by atoms with Crippen molar-refractivity contribution in [3.63, 3.8) is 0 Å². The lowest BCUT2D eigenvalue weighted by Gasteiger charge is -2.19. The molecule has 0 atom stereocenters. The van der Waals surface area contributed by atoms with Gasteiger partial charge in [0.2, 0.25) is 0 Å². The van der Waals surface area contributed by atoms with Crippen LogP contribution in [0.15, 0.2) is 30.5 Å². The van der Waals surface area contributed by atoms with Gasteiger partial charge in [0.05, 0.1) is 16.4 Å². The SMILES string of the molecule is CC(C)(CN)c1ccn(-c2ccc(F)c(Cl)c2)n1. The molecule has 0 bridgehead atoms. The second-order valence-corrected chi connectivity index (χ2v) is 5.24. The summed E-state index contributed by atoms with van der Waals surface area (Å²) in [7, 11) is 0. The first-order valence-electron chi connectivity index (χ1n) is 5.66. The van der Waals surface area contributed by atoms with Gasteiger partial charge in [0.15, 0.2) is 0 Å². The van der Waals surface area contributed by atoms with Crippen LogP contribution >= 0.6 is 11.6 Å². The van der Waals surface area contributed by atoms with E-state index in [9.17, 15) is 4.39 Å². The summed E-state index contributed by atoms with van der Waals surface area (Å²) in [6.45, 7) is 4.56. The fraction of sp³-hybridized carbons (Fsp3) is 0.308. The van der Waals surface area contributed by atoms with E-state index in [0.717, 1.165) is 11.4 Å². The van der Waals surface area contributed by atoms with Gasteiger partial charge in [-0.2, -0.15) is 5.10 Å². The predicted molar refractivity (Wildman–Crippen MR) is 70.6 cm³/mol. The number of nitrogens with two attached hydrogens (primary N) is 1. The minimum Gasteiger partial charge on any atom is -0.330 e. The molecule has 0 aliphatic rings. The standard InChI is InChI=1S/C13H15ClFN3/c1-13(2,8-16)12-5-6-18(17-12)9-3-4-11(15)10(14)7-9/h3-7H,8,16H2,1-2H3. The molecule has 2 rings (SSSR count). The zero-order chi connectivity index (χ0) is 13.3. The zero-order valence-corrected chi connectivity index (χ0v) is 11.1. The fourth-order valence-corrected chi connectivity index (χ4v) is 1.74. The van der Waals surface area contributed by atoms with Gasteiger partial charge < -0.3 is 5.73 Å². The summed E-state index contributed by atoms with van der Waals surface area (Å²) in [5.41, 5.74) is 7.14. The van der Waals surface area contributed by atoms with Gasteiger partial charge in [0, 0.05) is 18.2 Å². The summed E-state index contributed by atoms with van der Waals surface area (Å²) in [4.78, 5) is 0. The summed E-state index contributed by atoms with van der Waals surface area (Å²) in [5, 5.41) is 4.54. The highest BCUT2D eigenvalue weighted by Crippen LogP contribution is 2.22. The van der Waals surface area contributed by atoms with Crippen LogP contribution in [-0.2, 0) is 5.41 Å². The van der Waals surface area contributed by atoms with Gasteiger partial charge in [-0.25, -0.2) is 9.07 Å². The Morgan fingerprint density at radius 2 is 2.11 bits per heavy atom. The largest absolute Gasteiger partial charge is 0.330 e. The van der Waals surface area contributed by atoms with Gasteiger partial charge in [-0.1, -0.05) is 25.4 Å². The Bertz CT molecular complexity index is 563. The third kappa shape index (κ3) is 2.40. The van der Waals surface area contributed by atoms with Gasteiger partial charge in [-0.3, -0.25) is 0 Å². The van der Waals surface area contributed by atoms with Crippen LogP contribution in [0.3, 0.4) is 0 Å². The van der Waals surface area contributed by atoms with Crippen molar-refractivity contribution in [3.05, 3.63) is 47.0 Å². The Kier molecular flexibility index (Phi) is 3.41. The highest BCUT2D eigenvalue weighted by molar-refractivity contribution is 6.30. The molecule has 2 N–H and O–H groups in total. The maximum Gasteiger partial charge on any atom is 0.141 e. The van der Waals surface area contributed by atoms with Crippen LogP contribution in [0.4, 0.5) is 4.39 Å². The molecule has 0 amide bonds. The maximum absolute atomic E-state index is 13.1. The molecule has 1 heterocycles. The molecule has 0 aliphatic heterocycles. The van der Waals surface area contributed by atoms with Crippen molar-refractivity contribution in [1.29, 1.82) is 0 Å². The number of benzene rings is 1. The molecule has 1 aromatic heterocycles. The molecule has 0 fully saturated rings. The number of halogens is 2. The lowest BCUT2D eigenvalue weighted by molar-refractivity contribution is 0.515. The molecule has 5 heteroatoms. The van der Waals surface area contributed by atoms with E-state index in [1.54, 1.807) is 16.8 Å². The zero-order valence-electron chi connectivity index (χ0n) is 10.3. The second kappa shape index (κ2) is 4.71. The normalized spacial score (nSPS) is 11.8. The highest BCUT2D eigenvalue weighted by atomic mass is 35.5. The summed E-state index contributed by atoms with van der Waals surface area (Å²) < 4.78 is 14.8. The molecule has 18 heavy (non-hydrogen) atoms. The smallest absolute Gasteiger partial charge is 0.141 e. The minimum absolute atomic E-state index is 0.0858. The molecule has 2 aromatic rings. The molecule has 3 nitrogen and oxygen atoms in total. The monoisotopic (exact) mass is 267 g/mol. The Labute approximate surface area is 110 Å². The first-order valence-corrected chi connectivity index (χ1v) is 6.03. The van der Waals surface area contributed by atoms with Gasteiger partial charge in [-0.05, 0) is 24.3 Å². The Balaban J connectivity index is 2.38. The van der Waals surface area contributed by atoms with Crippen molar-refractivity contribution < 1.29 is 4.39 Å². The molecule has 0 aliphatic carbocycles. The van der Waals surface area contributed by atoms with E-state index in [2.05, 4.69) is 5.10 Å². The van der Waals surface area contributed by atoms with E-state index in [1.165, 1.54) is 6.07 Å². The summed E-state index contributed by atoms with van der Waals surface area (Å²) in [6.07, 6.45) is 1.82. The molecular formula is C13H15ClFN3. The molecule has 96 valence electrons. The van der Waals surface area contributed by atoms with Crippen LogP contribution in [0, 0.1) is 5.82 Å². The lowest BCUT2D eigenvalue weighted by Crippen LogP contribution is -2.28. The van der Waals surface area contributed by atoms with E-state index in [1.807, 2.05) is 26.1 Å². The molecule has 0 radical (unpaired) electrons. The van der Waals surface area contributed by atoms with Crippen LogP contribution in [0.5, 0.6) is 0 Å². The average molecular weight is 268 g/mol. The Morgan fingerprint density at radius 1 is 1.39 bits per heavy atom. The van der Waals surface area contributed by atoms with Crippen molar-refractivity contribution in [2.45, 2.75) is 19.3 Å². The number of hydrogen-bond acceptors (Lipinski definition) is 2. The van der Waals surface area contributed by atoms with E-state index in [4.69, 9.17) is 17.3 Å². The van der Waals surface area contributed by atoms with E-state index >= 15 is 0 Å². The van der Waals surface area contributed by atoms with Crippen molar-refractivity contribution in [1.82, 2.24) is 9.78 Å². The van der Waals surface area contributed by atoms with Crippen LogP contribution in [-0.4, -0.2) is 16.3 Å². The quantitative estimate of drug-likeness (QED) is 0.929. The van der Waals surface area contributed by atoms with Crippen LogP contribution in [0.1, 0.15) is 19.5 Å². The molecule has 1 aromatic carbocycles. The average Bonchev–Trinajstić information content (AvgIpc) is 2.83. The van der Waals surface area contributed by atoms with Gasteiger partial charge in [-0.15, -0.1) is 0 Å². The van der Waals surface area contributed by atoms with E-state index in [0.29, 0.717) is 6.54 Å². The third-order valence-corrected chi connectivity index (χ3v) is 3.25. The Morgan fingerprint density at radius 3 is 2.72 bits per heavy atom. The maximum atomic E-state index is 13.1. The van der Waals surface area contributed by atoms with Gasteiger partial charge in [0.25, 0.3) is 0 Å². The highest BCUT2D eigenvalue weighted by Gasteiger charge is 2.21. The van der Waals surface area contributed by atoms with Gasteiger partial charge in [0.1, 0.15) is 5.82 Å². The van der Waals surface area contributed by atoms with Crippen LogP contribution in [0.2, 0.25) is 5.02 Å². The first-order chi connectivity index (χ1) is 8.44. The van der Waals surface area contributed by atoms with Crippen molar-refractivity contribution in [2.24, 2.45) is 5.73 Å². The topological polar surface area (TPSA) is 43.8 Å². The van der Waals surface area contributed by atoms with Crippen molar-refractivity contribution in [2.75, 3.05) is 6.54 Å². The van der Waals surface area contributed by atoms with Crippen LogP contribution in [0.25, 0.3) is 5.69 Å². The minimum atomic E-state index is -0.435. The van der Waals surface area contributed by atoms with Crippen molar-refractivity contribution in [3.8, 4) is 5.69 Å². The molecule has 0 spiro atoms. The van der Waals surface area contributed by atoms with Crippen molar-refractivity contribution >= 4 is 11.6 Å². The van der Waals surface area contributed by atoms with E-state index < -0.39 is 5.82 Å². The lowest BCUT2D eigenvalue weighted by atomic mass is 9.90. The summed E-state index contributed by atoms with van der Waals surface area (Å²) in [6, 6.07) is 6.41. The fourth-order valence-electron chi connectivity index (χ4n) is 1.56. The molecule has 0 saturated heterocycles. The number of hydrogen-bond donors (Lipinski definition) is 1. The molecule has 0 saturated carbocycles.